The maximum Gasteiger partial charge on any atom is 0.221 e. The molecule has 0 saturated carbocycles. The highest BCUT2D eigenvalue weighted by atomic mass is 16.5. The van der Waals surface area contributed by atoms with Crippen molar-refractivity contribution in [2.45, 2.75) is 32.0 Å². The van der Waals surface area contributed by atoms with E-state index in [9.17, 15) is 5.11 Å². The van der Waals surface area contributed by atoms with Gasteiger partial charge in [0.15, 0.2) is 0 Å². The Morgan fingerprint density at radius 2 is 2.47 bits per heavy atom. The molecule has 1 saturated heterocycles. The van der Waals surface area contributed by atoms with E-state index >= 15 is 0 Å². The third-order valence-corrected chi connectivity index (χ3v) is 3.21. The molecule has 6 heteroatoms. The van der Waals surface area contributed by atoms with E-state index in [-0.39, 0.29) is 12.1 Å². The fourth-order valence-corrected chi connectivity index (χ4v) is 1.87. The number of hydrogen-bond acceptors (Lipinski definition) is 6. The standard InChI is InChI=1S/C11H18N4O2/c1-7-5-13-10(12)15-9(7)14-6-11(16)3-4-17-8(11)2/h5,8,16H,3-4,6H2,1-2H3,(H3,12,13,14,15). The van der Waals surface area contributed by atoms with Crippen molar-refractivity contribution in [2.24, 2.45) is 0 Å². The van der Waals surface area contributed by atoms with Gasteiger partial charge in [-0.15, -0.1) is 0 Å². The van der Waals surface area contributed by atoms with Crippen LogP contribution in [-0.4, -0.2) is 39.9 Å². The van der Waals surface area contributed by atoms with Crippen molar-refractivity contribution >= 4 is 11.8 Å². The van der Waals surface area contributed by atoms with Crippen LogP contribution in [0.25, 0.3) is 0 Å². The lowest BCUT2D eigenvalue weighted by molar-refractivity contribution is -0.0176. The molecule has 1 aliphatic rings. The van der Waals surface area contributed by atoms with Gasteiger partial charge in [-0.3, -0.25) is 0 Å². The highest BCUT2D eigenvalue weighted by molar-refractivity contribution is 5.45. The first kappa shape index (κ1) is 12.1. The predicted molar refractivity (Wildman–Crippen MR) is 64.7 cm³/mol. The first-order chi connectivity index (χ1) is 8.01. The molecule has 2 rings (SSSR count). The maximum atomic E-state index is 10.3. The van der Waals surface area contributed by atoms with Gasteiger partial charge in [-0.2, -0.15) is 4.98 Å². The van der Waals surface area contributed by atoms with E-state index in [0.29, 0.717) is 25.4 Å². The Hall–Kier alpha value is -1.40. The Balaban J connectivity index is 2.04. The largest absolute Gasteiger partial charge is 0.385 e. The molecular weight excluding hydrogens is 220 g/mol. The summed E-state index contributed by atoms with van der Waals surface area (Å²) in [5.74, 6) is 0.880. The summed E-state index contributed by atoms with van der Waals surface area (Å²) in [6, 6.07) is 0. The average Bonchev–Trinajstić information content (AvgIpc) is 2.61. The molecule has 17 heavy (non-hydrogen) atoms. The number of nitrogens with two attached hydrogens (primary N) is 1. The number of nitrogens with one attached hydrogen (secondary N) is 1. The number of aryl methyl sites for hydroxylation is 1. The molecule has 1 aliphatic heterocycles. The fourth-order valence-electron chi connectivity index (χ4n) is 1.87. The van der Waals surface area contributed by atoms with Gasteiger partial charge in [0.2, 0.25) is 5.95 Å². The molecule has 0 amide bonds. The van der Waals surface area contributed by atoms with Gasteiger partial charge < -0.3 is 20.9 Å². The van der Waals surface area contributed by atoms with E-state index in [4.69, 9.17) is 10.5 Å². The Labute approximate surface area is 100 Å². The topological polar surface area (TPSA) is 93.3 Å². The fraction of sp³-hybridized carbons (Fsp3) is 0.636. The Bertz CT molecular complexity index is 412. The molecule has 6 nitrogen and oxygen atoms in total. The molecule has 0 spiro atoms. The minimum absolute atomic E-state index is 0.172. The summed E-state index contributed by atoms with van der Waals surface area (Å²) in [5, 5.41) is 13.4. The molecule has 0 aromatic carbocycles. The zero-order valence-electron chi connectivity index (χ0n) is 10.1. The molecule has 2 atom stereocenters. The molecule has 0 radical (unpaired) electrons. The van der Waals surface area contributed by atoms with E-state index in [0.717, 1.165) is 5.56 Å². The zero-order chi connectivity index (χ0) is 12.5. The average molecular weight is 238 g/mol. The van der Waals surface area contributed by atoms with Crippen LogP contribution in [0.1, 0.15) is 18.9 Å². The van der Waals surface area contributed by atoms with Gasteiger partial charge in [0.25, 0.3) is 0 Å². The van der Waals surface area contributed by atoms with Crippen LogP contribution < -0.4 is 11.1 Å². The molecule has 4 N–H and O–H groups in total. The van der Waals surface area contributed by atoms with E-state index < -0.39 is 5.60 Å². The van der Waals surface area contributed by atoms with Crippen LogP contribution in [0.5, 0.6) is 0 Å². The molecule has 1 fully saturated rings. The lowest BCUT2D eigenvalue weighted by Crippen LogP contribution is -2.43. The van der Waals surface area contributed by atoms with Crippen molar-refractivity contribution in [3.8, 4) is 0 Å². The van der Waals surface area contributed by atoms with E-state index in [1.165, 1.54) is 0 Å². The molecule has 94 valence electrons. The van der Waals surface area contributed by atoms with Crippen molar-refractivity contribution in [1.82, 2.24) is 9.97 Å². The first-order valence-electron chi connectivity index (χ1n) is 5.68. The maximum absolute atomic E-state index is 10.3. The van der Waals surface area contributed by atoms with Crippen molar-refractivity contribution in [2.75, 3.05) is 24.2 Å². The molecule has 2 unspecified atom stereocenters. The molecule has 0 aliphatic carbocycles. The van der Waals surface area contributed by atoms with Crippen LogP contribution >= 0.6 is 0 Å². The smallest absolute Gasteiger partial charge is 0.221 e. The number of nitrogens with zero attached hydrogens (tertiary/aromatic N) is 2. The quantitative estimate of drug-likeness (QED) is 0.702. The number of aliphatic hydroxyl groups is 1. The number of rotatable bonds is 3. The third-order valence-electron chi connectivity index (χ3n) is 3.21. The van der Waals surface area contributed by atoms with Crippen molar-refractivity contribution in [3.05, 3.63) is 11.8 Å². The molecule has 1 aromatic rings. The molecular formula is C11H18N4O2. The summed E-state index contributed by atoms with van der Waals surface area (Å²) >= 11 is 0. The van der Waals surface area contributed by atoms with Crippen LogP contribution in [-0.2, 0) is 4.74 Å². The summed E-state index contributed by atoms with van der Waals surface area (Å²) in [6.07, 6.45) is 2.11. The number of nitrogen functional groups attached to an aromatic ring is 1. The van der Waals surface area contributed by atoms with Crippen molar-refractivity contribution in [1.29, 1.82) is 0 Å². The van der Waals surface area contributed by atoms with Crippen LogP contribution in [0.4, 0.5) is 11.8 Å². The van der Waals surface area contributed by atoms with Crippen LogP contribution in [0, 0.1) is 6.92 Å². The summed E-state index contributed by atoms with van der Waals surface area (Å²) in [5.41, 5.74) is 5.58. The van der Waals surface area contributed by atoms with Crippen LogP contribution in [0.3, 0.4) is 0 Å². The third kappa shape index (κ3) is 2.48. The first-order valence-corrected chi connectivity index (χ1v) is 5.68. The summed E-state index contributed by atoms with van der Waals surface area (Å²) in [6.45, 7) is 4.74. The summed E-state index contributed by atoms with van der Waals surface area (Å²) < 4.78 is 5.36. The lowest BCUT2D eigenvalue weighted by Gasteiger charge is -2.26. The van der Waals surface area contributed by atoms with Crippen molar-refractivity contribution in [3.63, 3.8) is 0 Å². The second-order valence-electron chi connectivity index (χ2n) is 4.48. The van der Waals surface area contributed by atoms with Crippen LogP contribution in [0.15, 0.2) is 6.20 Å². The highest BCUT2D eigenvalue weighted by Crippen LogP contribution is 2.26. The van der Waals surface area contributed by atoms with Gasteiger partial charge in [0.1, 0.15) is 11.4 Å². The van der Waals surface area contributed by atoms with Gasteiger partial charge in [0.05, 0.1) is 6.10 Å². The van der Waals surface area contributed by atoms with Gasteiger partial charge in [-0.25, -0.2) is 4.98 Å². The summed E-state index contributed by atoms with van der Waals surface area (Å²) in [4.78, 5) is 7.98. The van der Waals surface area contributed by atoms with Gasteiger partial charge in [-0.1, -0.05) is 0 Å². The lowest BCUT2D eigenvalue weighted by atomic mass is 9.97. The van der Waals surface area contributed by atoms with E-state index in [2.05, 4.69) is 15.3 Å². The minimum atomic E-state index is -0.841. The minimum Gasteiger partial charge on any atom is -0.385 e. The van der Waals surface area contributed by atoms with Gasteiger partial charge >= 0.3 is 0 Å². The van der Waals surface area contributed by atoms with Gasteiger partial charge in [-0.05, 0) is 13.8 Å². The SMILES string of the molecule is Cc1cnc(N)nc1NCC1(O)CCOC1C. The molecule has 2 heterocycles. The van der Waals surface area contributed by atoms with Gasteiger partial charge in [0, 0.05) is 31.3 Å². The Kier molecular flexibility index (Phi) is 3.17. The second-order valence-corrected chi connectivity index (χ2v) is 4.48. The van der Waals surface area contributed by atoms with Crippen molar-refractivity contribution < 1.29 is 9.84 Å². The predicted octanol–water partition coefficient (Wildman–Crippen LogP) is 0.319. The highest BCUT2D eigenvalue weighted by Gasteiger charge is 2.39. The Morgan fingerprint density at radius 1 is 1.71 bits per heavy atom. The van der Waals surface area contributed by atoms with E-state index in [1.54, 1.807) is 6.20 Å². The number of anilines is 2. The normalized spacial score (nSPS) is 28.3. The molecule has 0 bridgehead atoms. The molecule has 1 aromatic heterocycles. The van der Waals surface area contributed by atoms with Crippen LogP contribution in [0.2, 0.25) is 0 Å². The summed E-state index contributed by atoms with van der Waals surface area (Å²) in [7, 11) is 0. The second kappa shape index (κ2) is 4.46. The zero-order valence-corrected chi connectivity index (χ0v) is 10.1. The number of aromatic nitrogens is 2. The number of hydrogen-bond donors (Lipinski definition) is 3. The van der Waals surface area contributed by atoms with E-state index in [1.807, 2.05) is 13.8 Å². The monoisotopic (exact) mass is 238 g/mol. The number of ether oxygens (including phenoxy) is 1. The Morgan fingerprint density at radius 3 is 3.12 bits per heavy atom.